The number of hydrogen-bond donors (Lipinski definition) is 0. The second-order valence-corrected chi connectivity index (χ2v) is 2.72. The Morgan fingerprint density at radius 2 is 2.36 bits per heavy atom. The average molecular weight is 174 g/mol. The van der Waals surface area contributed by atoms with Gasteiger partial charge in [-0.1, -0.05) is 11.6 Å². The van der Waals surface area contributed by atoms with Gasteiger partial charge in [-0.25, -0.2) is 4.79 Å². The van der Waals surface area contributed by atoms with Crippen LogP contribution in [0.25, 0.3) is 0 Å². The van der Waals surface area contributed by atoms with E-state index in [2.05, 4.69) is 5.10 Å². The van der Waals surface area contributed by atoms with Crippen LogP contribution in [0.15, 0.2) is 12.4 Å². The molecule has 0 saturated carbocycles. The molecule has 0 fully saturated rings. The molecule has 0 N–H and O–H groups in total. The van der Waals surface area contributed by atoms with Gasteiger partial charge >= 0.3 is 6.03 Å². The van der Waals surface area contributed by atoms with Crippen LogP contribution in [0.5, 0.6) is 0 Å². The Kier molecular flexibility index (Phi) is 2.14. The van der Waals surface area contributed by atoms with E-state index >= 15 is 0 Å². The molecule has 1 aromatic rings. The largest absolute Gasteiger partial charge is 0.344 e. The fraction of sp³-hybridized carbons (Fsp3) is 0.333. The van der Waals surface area contributed by atoms with Crippen LogP contribution in [-0.2, 0) is 0 Å². The molecule has 0 unspecified atom stereocenters. The lowest BCUT2D eigenvalue weighted by Gasteiger charge is -2.08. The lowest BCUT2D eigenvalue weighted by Crippen LogP contribution is -2.27. The van der Waals surface area contributed by atoms with Gasteiger partial charge in [0.2, 0.25) is 0 Å². The SMILES string of the molecule is CN(C)C(=O)n1cc(Cl)cn1. The highest BCUT2D eigenvalue weighted by Crippen LogP contribution is 2.04. The fourth-order valence-corrected chi connectivity index (χ4v) is 0.746. The van der Waals surface area contributed by atoms with E-state index < -0.39 is 0 Å². The second-order valence-electron chi connectivity index (χ2n) is 2.28. The number of nitrogens with zero attached hydrogens (tertiary/aromatic N) is 3. The third-order valence-electron chi connectivity index (χ3n) is 1.13. The Bertz CT molecular complexity index is 269. The van der Waals surface area contributed by atoms with Crippen LogP contribution in [0.4, 0.5) is 4.79 Å². The molecule has 5 heteroatoms. The molecule has 1 aromatic heterocycles. The number of hydrogen-bond acceptors (Lipinski definition) is 2. The number of carbonyl (C=O) groups excluding carboxylic acids is 1. The molecular formula is C6H8ClN3O. The standard InChI is InChI=1S/C6H8ClN3O/c1-9(2)6(11)10-4-5(7)3-8-10/h3-4H,1-2H3. The summed E-state index contributed by atoms with van der Waals surface area (Å²) in [6.45, 7) is 0. The topological polar surface area (TPSA) is 38.1 Å². The van der Waals surface area contributed by atoms with Crippen molar-refractivity contribution >= 4 is 17.6 Å². The Morgan fingerprint density at radius 3 is 2.73 bits per heavy atom. The summed E-state index contributed by atoms with van der Waals surface area (Å²) in [6, 6.07) is -0.211. The third-order valence-corrected chi connectivity index (χ3v) is 1.32. The van der Waals surface area contributed by atoms with Crippen molar-refractivity contribution in [2.75, 3.05) is 14.1 Å². The first-order valence-corrected chi connectivity index (χ1v) is 3.41. The fourth-order valence-electron chi connectivity index (χ4n) is 0.610. The Hall–Kier alpha value is -1.03. The van der Waals surface area contributed by atoms with E-state index in [9.17, 15) is 4.79 Å². The van der Waals surface area contributed by atoms with Gasteiger partial charge in [-0.05, 0) is 0 Å². The van der Waals surface area contributed by atoms with Gasteiger partial charge in [-0.3, -0.25) is 0 Å². The minimum atomic E-state index is -0.211. The van der Waals surface area contributed by atoms with Crippen molar-refractivity contribution in [3.63, 3.8) is 0 Å². The van der Waals surface area contributed by atoms with Gasteiger partial charge in [0.25, 0.3) is 0 Å². The predicted molar refractivity (Wildman–Crippen MR) is 41.7 cm³/mol. The minimum absolute atomic E-state index is 0.211. The predicted octanol–water partition coefficient (Wildman–Crippen LogP) is 1.07. The maximum Gasteiger partial charge on any atom is 0.344 e. The van der Waals surface area contributed by atoms with Crippen molar-refractivity contribution < 1.29 is 4.79 Å². The summed E-state index contributed by atoms with van der Waals surface area (Å²) in [5.74, 6) is 0. The molecule has 0 aliphatic rings. The molecule has 1 rings (SSSR count). The first-order valence-electron chi connectivity index (χ1n) is 3.03. The van der Waals surface area contributed by atoms with Crippen molar-refractivity contribution in [2.45, 2.75) is 0 Å². The molecule has 0 radical (unpaired) electrons. The molecule has 1 heterocycles. The lowest BCUT2D eigenvalue weighted by molar-refractivity contribution is 0.216. The Labute approximate surface area is 69.4 Å². The van der Waals surface area contributed by atoms with E-state index in [0.717, 1.165) is 0 Å². The summed E-state index contributed by atoms with van der Waals surface area (Å²) in [6.07, 6.45) is 2.88. The first-order chi connectivity index (χ1) is 5.11. The van der Waals surface area contributed by atoms with Crippen molar-refractivity contribution in [1.29, 1.82) is 0 Å². The van der Waals surface area contributed by atoms with E-state index in [1.165, 1.54) is 22.0 Å². The van der Waals surface area contributed by atoms with Crippen LogP contribution in [0, 0.1) is 0 Å². The maximum absolute atomic E-state index is 11.1. The number of carbonyl (C=O) groups is 1. The monoisotopic (exact) mass is 173 g/mol. The normalized spacial score (nSPS) is 9.73. The third kappa shape index (κ3) is 1.71. The summed E-state index contributed by atoms with van der Waals surface area (Å²) in [7, 11) is 3.30. The highest BCUT2D eigenvalue weighted by Gasteiger charge is 2.06. The molecule has 11 heavy (non-hydrogen) atoms. The van der Waals surface area contributed by atoms with Crippen molar-refractivity contribution in [1.82, 2.24) is 14.7 Å². The number of halogens is 1. The Morgan fingerprint density at radius 1 is 1.73 bits per heavy atom. The molecule has 60 valence electrons. The molecular weight excluding hydrogens is 166 g/mol. The van der Waals surface area contributed by atoms with Crippen LogP contribution in [0.2, 0.25) is 5.02 Å². The highest BCUT2D eigenvalue weighted by atomic mass is 35.5. The molecule has 0 aliphatic heterocycles. The number of aromatic nitrogens is 2. The lowest BCUT2D eigenvalue weighted by atomic mass is 10.7. The van der Waals surface area contributed by atoms with Gasteiger partial charge in [0.15, 0.2) is 0 Å². The maximum atomic E-state index is 11.1. The van der Waals surface area contributed by atoms with Crippen LogP contribution in [-0.4, -0.2) is 34.8 Å². The van der Waals surface area contributed by atoms with Gasteiger partial charge < -0.3 is 4.90 Å². The second kappa shape index (κ2) is 2.92. The zero-order valence-corrected chi connectivity index (χ0v) is 7.04. The smallest absolute Gasteiger partial charge is 0.329 e. The molecule has 0 aliphatic carbocycles. The minimum Gasteiger partial charge on any atom is -0.329 e. The summed E-state index contributed by atoms with van der Waals surface area (Å²) in [5.41, 5.74) is 0. The van der Waals surface area contributed by atoms with E-state index in [-0.39, 0.29) is 6.03 Å². The summed E-state index contributed by atoms with van der Waals surface area (Å²) >= 11 is 5.56. The average Bonchev–Trinajstić information content (AvgIpc) is 2.34. The zero-order chi connectivity index (χ0) is 8.43. The van der Waals surface area contributed by atoms with Gasteiger partial charge in [0.05, 0.1) is 17.4 Å². The first kappa shape index (κ1) is 8.07. The van der Waals surface area contributed by atoms with E-state index in [1.807, 2.05) is 0 Å². The summed E-state index contributed by atoms with van der Waals surface area (Å²) in [5, 5.41) is 4.19. The molecule has 0 aromatic carbocycles. The van der Waals surface area contributed by atoms with Gasteiger partial charge in [0.1, 0.15) is 0 Å². The molecule has 1 amide bonds. The van der Waals surface area contributed by atoms with E-state index in [1.54, 1.807) is 14.1 Å². The van der Waals surface area contributed by atoms with Crippen LogP contribution in [0.1, 0.15) is 0 Å². The van der Waals surface area contributed by atoms with Crippen LogP contribution in [0.3, 0.4) is 0 Å². The van der Waals surface area contributed by atoms with Gasteiger partial charge in [-0.2, -0.15) is 9.78 Å². The zero-order valence-electron chi connectivity index (χ0n) is 6.28. The number of rotatable bonds is 0. The highest BCUT2D eigenvalue weighted by molar-refractivity contribution is 6.30. The molecule has 0 bridgehead atoms. The van der Waals surface area contributed by atoms with Crippen molar-refractivity contribution in [3.8, 4) is 0 Å². The van der Waals surface area contributed by atoms with Gasteiger partial charge in [-0.15, -0.1) is 0 Å². The van der Waals surface area contributed by atoms with Gasteiger partial charge in [0, 0.05) is 14.1 Å². The summed E-state index contributed by atoms with van der Waals surface area (Å²) in [4.78, 5) is 12.5. The summed E-state index contributed by atoms with van der Waals surface area (Å²) < 4.78 is 1.18. The Balaban J connectivity index is 2.85. The molecule has 0 atom stereocenters. The van der Waals surface area contributed by atoms with E-state index in [4.69, 9.17) is 11.6 Å². The van der Waals surface area contributed by atoms with Crippen LogP contribution >= 0.6 is 11.6 Å². The molecule has 0 saturated heterocycles. The number of amides is 1. The van der Waals surface area contributed by atoms with Crippen LogP contribution < -0.4 is 0 Å². The van der Waals surface area contributed by atoms with Crippen molar-refractivity contribution in [3.05, 3.63) is 17.4 Å². The van der Waals surface area contributed by atoms with Crippen molar-refractivity contribution in [2.24, 2.45) is 0 Å². The molecule has 4 nitrogen and oxygen atoms in total. The van der Waals surface area contributed by atoms with E-state index in [0.29, 0.717) is 5.02 Å². The molecule has 0 spiro atoms. The quantitative estimate of drug-likeness (QED) is 0.589.